The molecular weight excluding hydrogens is 324 g/mol. The molecule has 1 fully saturated rings. The third-order valence-electron chi connectivity index (χ3n) is 5.00. The van der Waals surface area contributed by atoms with E-state index in [4.69, 9.17) is 0 Å². The van der Waals surface area contributed by atoms with E-state index >= 15 is 0 Å². The van der Waals surface area contributed by atoms with Crippen LogP contribution in [-0.2, 0) is 18.3 Å². The van der Waals surface area contributed by atoms with E-state index in [1.54, 1.807) is 0 Å². The summed E-state index contributed by atoms with van der Waals surface area (Å²) in [4.78, 5) is 14.5. The summed E-state index contributed by atoms with van der Waals surface area (Å²) < 4.78 is 1.94. The maximum absolute atomic E-state index is 12.1. The van der Waals surface area contributed by atoms with Gasteiger partial charge in [-0.25, -0.2) is 5.43 Å². The number of rotatable bonds is 5. The van der Waals surface area contributed by atoms with Crippen molar-refractivity contribution < 1.29 is 4.79 Å². The van der Waals surface area contributed by atoms with E-state index < -0.39 is 0 Å². The molecule has 2 aromatic rings. The van der Waals surface area contributed by atoms with Gasteiger partial charge in [0.2, 0.25) is 5.91 Å². The number of amides is 1. The Morgan fingerprint density at radius 2 is 1.77 bits per heavy atom. The van der Waals surface area contributed by atoms with Crippen LogP contribution in [0.1, 0.15) is 43.9 Å². The summed E-state index contributed by atoms with van der Waals surface area (Å²) in [6.45, 7) is 4.20. The highest BCUT2D eigenvalue weighted by molar-refractivity contribution is 5.99. The number of hydrogen-bond donors (Lipinski definition) is 1. The lowest BCUT2D eigenvalue weighted by atomic mass is 10.1. The molecule has 1 saturated heterocycles. The van der Waals surface area contributed by atoms with Crippen molar-refractivity contribution in [3.63, 3.8) is 0 Å². The second-order valence-corrected chi connectivity index (χ2v) is 6.97. The van der Waals surface area contributed by atoms with Gasteiger partial charge in [0.1, 0.15) is 0 Å². The SMILES string of the molecule is CC(=NNC(=O)Cc1cccn1C)c1ccc(N2CCCCCC2)cc1. The average Bonchev–Trinajstić information content (AvgIpc) is 2.89. The summed E-state index contributed by atoms with van der Waals surface area (Å²) in [5.74, 6) is -0.104. The molecule has 0 radical (unpaired) electrons. The van der Waals surface area contributed by atoms with Crippen LogP contribution < -0.4 is 10.3 Å². The van der Waals surface area contributed by atoms with Crippen LogP contribution in [0, 0.1) is 0 Å². The number of anilines is 1. The van der Waals surface area contributed by atoms with Gasteiger partial charge in [-0.1, -0.05) is 25.0 Å². The molecule has 1 aromatic carbocycles. The van der Waals surface area contributed by atoms with Crippen molar-refractivity contribution in [3.8, 4) is 0 Å². The number of hydrogen-bond acceptors (Lipinski definition) is 3. The third kappa shape index (κ3) is 4.75. The molecule has 1 aromatic heterocycles. The second-order valence-electron chi connectivity index (χ2n) is 6.97. The molecular formula is C21H28N4O. The van der Waals surface area contributed by atoms with E-state index in [9.17, 15) is 4.79 Å². The van der Waals surface area contributed by atoms with E-state index in [-0.39, 0.29) is 5.91 Å². The van der Waals surface area contributed by atoms with Gasteiger partial charge in [0, 0.05) is 37.7 Å². The van der Waals surface area contributed by atoms with E-state index in [1.807, 2.05) is 36.9 Å². The predicted octanol–water partition coefficient (Wildman–Crippen LogP) is 3.49. The van der Waals surface area contributed by atoms with Gasteiger partial charge in [0.15, 0.2) is 0 Å². The first-order chi connectivity index (χ1) is 12.6. The molecule has 0 aliphatic carbocycles. The molecule has 3 rings (SSSR count). The highest BCUT2D eigenvalue weighted by atomic mass is 16.2. The zero-order chi connectivity index (χ0) is 18.4. The highest BCUT2D eigenvalue weighted by Crippen LogP contribution is 2.20. The minimum absolute atomic E-state index is 0.104. The summed E-state index contributed by atoms with van der Waals surface area (Å²) in [6.07, 6.45) is 7.48. The van der Waals surface area contributed by atoms with Crippen LogP contribution in [0.25, 0.3) is 0 Å². The van der Waals surface area contributed by atoms with E-state index in [0.29, 0.717) is 6.42 Å². The van der Waals surface area contributed by atoms with Gasteiger partial charge in [-0.2, -0.15) is 5.10 Å². The first kappa shape index (κ1) is 18.2. The Balaban J connectivity index is 1.58. The maximum atomic E-state index is 12.1. The minimum atomic E-state index is -0.104. The Labute approximate surface area is 155 Å². The summed E-state index contributed by atoms with van der Waals surface area (Å²) >= 11 is 0. The highest BCUT2D eigenvalue weighted by Gasteiger charge is 2.10. The Bertz CT molecular complexity index is 753. The van der Waals surface area contributed by atoms with Crippen molar-refractivity contribution in [1.29, 1.82) is 0 Å². The largest absolute Gasteiger partial charge is 0.372 e. The van der Waals surface area contributed by atoms with Gasteiger partial charge in [-0.15, -0.1) is 0 Å². The van der Waals surface area contributed by atoms with Gasteiger partial charge in [0.25, 0.3) is 0 Å². The van der Waals surface area contributed by atoms with Crippen LogP contribution in [0.5, 0.6) is 0 Å². The summed E-state index contributed by atoms with van der Waals surface area (Å²) in [6, 6.07) is 12.4. The van der Waals surface area contributed by atoms with Gasteiger partial charge >= 0.3 is 0 Å². The number of carbonyl (C=O) groups excluding carboxylic acids is 1. The van der Waals surface area contributed by atoms with Crippen molar-refractivity contribution in [1.82, 2.24) is 9.99 Å². The molecule has 1 aliphatic rings. The molecule has 5 heteroatoms. The average molecular weight is 352 g/mol. The third-order valence-corrected chi connectivity index (χ3v) is 5.00. The van der Waals surface area contributed by atoms with Crippen LogP contribution >= 0.6 is 0 Å². The number of nitrogens with zero attached hydrogens (tertiary/aromatic N) is 3. The number of hydrazone groups is 1. The number of benzene rings is 1. The molecule has 0 spiro atoms. The van der Waals surface area contributed by atoms with Crippen LogP contribution in [0.3, 0.4) is 0 Å². The molecule has 26 heavy (non-hydrogen) atoms. The summed E-state index contributed by atoms with van der Waals surface area (Å²) in [5.41, 5.74) is 6.74. The molecule has 0 bridgehead atoms. The zero-order valence-corrected chi connectivity index (χ0v) is 15.7. The second kappa shape index (κ2) is 8.70. The van der Waals surface area contributed by atoms with Gasteiger partial charge in [0.05, 0.1) is 12.1 Å². The lowest BCUT2D eigenvalue weighted by Crippen LogP contribution is -2.24. The fraction of sp³-hybridized carbons (Fsp3) is 0.429. The molecule has 138 valence electrons. The van der Waals surface area contributed by atoms with Gasteiger partial charge in [-0.3, -0.25) is 4.79 Å². The quantitative estimate of drug-likeness (QED) is 0.661. The van der Waals surface area contributed by atoms with Crippen molar-refractivity contribution >= 4 is 17.3 Å². The Morgan fingerprint density at radius 1 is 1.08 bits per heavy atom. The molecule has 0 unspecified atom stereocenters. The zero-order valence-electron chi connectivity index (χ0n) is 15.7. The summed E-state index contributed by atoms with van der Waals surface area (Å²) in [5, 5.41) is 4.26. The number of nitrogens with one attached hydrogen (secondary N) is 1. The maximum Gasteiger partial charge on any atom is 0.246 e. The molecule has 5 nitrogen and oxygen atoms in total. The Morgan fingerprint density at radius 3 is 2.38 bits per heavy atom. The van der Waals surface area contributed by atoms with Gasteiger partial charge in [-0.05, 0) is 49.6 Å². The van der Waals surface area contributed by atoms with E-state index in [0.717, 1.165) is 30.1 Å². The first-order valence-electron chi connectivity index (χ1n) is 9.42. The topological polar surface area (TPSA) is 49.6 Å². The lowest BCUT2D eigenvalue weighted by Gasteiger charge is -2.22. The monoisotopic (exact) mass is 352 g/mol. The number of aryl methyl sites for hydroxylation is 1. The normalized spacial score (nSPS) is 15.6. The van der Waals surface area contributed by atoms with Crippen molar-refractivity contribution in [2.45, 2.75) is 39.0 Å². The van der Waals surface area contributed by atoms with Gasteiger partial charge < -0.3 is 9.47 Å². The van der Waals surface area contributed by atoms with E-state index in [1.165, 1.54) is 31.4 Å². The number of carbonyl (C=O) groups is 1. The molecule has 0 atom stereocenters. The smallest absolute Gasteiger partial charge is 0.246 e. The fourth-order valence-electron chi connectivity index (χ4n) is 3.34. The molecule has 1 amide bonds. The predicted molar refractivity (Wildman–Crippen MR) is 107 cm³/mol. The number of aromatic nitrogens is 1. The Hall–Kier alpha value is -2.56. The minimum Gasteiger partial charge on any atom is -0.372 e. The fourth-order valence-corrected chi connectivity index (χ4v) is 3.34. The van der Waals surface area contributed by atoms with Crippen LogP contribution in [0.2, 0.25) is 0 Å². The lowest BCUT2D eigenvalue weighted by molar-refractivity contribution is -0.120. The Kier molecular flexibility index (Phi) is 6.10. The van der Waals surface area contributed by atoms with Crippen LogP contribution in [0.4, 0.5) is 5.69 Å². The molecule has 0 saturated carbocycles. The van der Waals surface area contributed by atoms with Crippen LogP contribution in [0.15, 0.2) is 47.7 Å². The van der Waals surface area contributed by atoms with Crippen molar-refractivity contribution in [2.75, 3.05) is 18.0 Å². The first-order valence-corrected chi connectivity index (χ1v) is 9.42. The molecule has 1 N–H and O–H groups in total. The molecule has 2 heterocycles. The van der Waals surface area contributed by atoms with E-state index in [2.05, 4.69) is 39.7 Å². The summed E-state index contributed by atoms with van der Waals surface area (Å²) in [7, 11) is 1.93. The van der Waals surface area contributed by atoms with Crippen LogP contribution in [-0.4, -0.2) is 29.3 Å². The standard InChI is InChI=1S/C21H28N4O/c1-17(22-23-21(26)16-20-8-7-13-24(20)2)18-9-11-19(12-10-18)25-14-5-3-4-6-15-25/h7-13H,3-6,14-16H2,1-2H3,(H,23,26). The van der Waals surface area contributed by atoms with Crippen molar-refractivity contribution in [3.05, 3.63) is 53.9 Å². The van der Waals surface area contributed by atoms with Crippen molar-refractivity contribution in [2.24, 2.45) is 12.1 Å². The molecule has 1 aliphatic heterocycles.